The number of sulfonamides is 1. The summed E-state index contributed by atoms with van der Waals surface area (Å²) in [5.74, 6) is -0.632. The van der Waals surface area contributed by atoms with E-state index in [4.69, 9.17) is 4.74 Å². The molecule has 0 N–H and O–H groups in total. The maximum absolute atomic E-state index is 13.3. The third-order valence-electron chi connectivity index (χ3n) is 4.73. The second-order valence-electron chi connectivity index (χ2n) is 6.68. The number of allylic oxidation sites excluding steroid dienone is 1. The van der Waals surface area contributed by atoms with Crippen molar-refractivity contribution in [3.8, 4) is 0 Å². The van der Waals surface area contributed by atoms with Crippen LogP contribution in [0.5, 0.6) is 0 Å². The second-order valence-corrected chi connectivity index (χ2v) is 8.49. The third kappa shape index (κ3) is 4.14. The lowest BCUT2D eigenvalue weighted by molar-refractivity contribution is -0.384. The average molecular weight is 416 g/mol. The molecule has 1 aliphatic heterocycles. The first-order valence-electron chi connectivity index (χ1n) is 8.88. The number of hydrogen-bond acceptors (Lipinski definition) is 6. The number of nitro groups is 1. The number of rotatable bonds is 5. The largest absolute Gasteiger partial charge is 0.467 e. The van der Waals surface area contributed by atoms with Crippen LogP contribution in [0.2, 0.25) is 0 Å². The summed E-state index contributed by atoms with van der Waals surface area (Å²) >= 11 is 0. The van der Waals surface area contributed by atoms with Crippen molar-refractivity contribution in [3.63, 3.8) is 0 Å². The van der Waals surface area contributed by atoms with Crippen LogP contribution in [0.1, 0.15) is 24.0 Å². The zero-order chi connectivity index (χ0) is 21.2. The molecule has 0 aromatic heterocycles. The van der Waals surface area contributed by atoms with Crippen molar-refractivity contribution in [2.45, 2.75) is 30.7 Å². The summed E-state index contributed by atoms with van der Waals surface area (Å²) in [6, 6.07) is 11.2. The Labute approximate surface area is 168 Å². The number of carbonyl (C=O) groups is 1. The van der Waals surface area contributed by atoms with Gasteiger partial charge in [0.2, 0.25) is 0 Å². The zero-order valence-electron chi connectivity index (χ0n) is 15.9. The van der Waals surface area contributed by atoms with Gasteiger partial charge in [-0.1, -0.05) is 17.7 Å². The van der Waals surface area contributed by atoms with Gasteiger partial charge >= 0.3 is 5.97 Å². The molecule has 3 rings (SSSR count). The Morgan fingerprint density at radius 3 is 2.34 bits per heavy atom. The Kier molecular flexibility index (Phi) is 5.69. The van der Waals surface area contributed by atoms with Crippen LogP contribution in [0.3, 0.4) is 0 Å². The van der Waals surface area contributed by atoms with Gasteiger partial charge in [0.25, 0.3) is 15.7 Å². The number of non-ortho nitro benzene ring substituents is 1. The first kappa shape index (κ1) is 20.5. The molecule has 0 radical (unpaired) electrons. The number of nitrogens with zero attached hydrogens (tertiary/aromatic N) is 2. The molecule has 2 aromatic carbocycles. The van der Waals surface area contributed by atoms with Gasteiger partial charge in [-0.3, -0.25) is 14.4 Å². The molecule has 29 heavy (non-hydrogen) atoms. The van der Waals surface area contributed by atoms with E-state index in [1.807, 2.05) is 6.92 Å². The van der Waals surface area contributed by atoms with Gasteiger partial charge in [0.1, 0.15) is 6.04 Å². The van der Waals surface area contributed by atoms with Crippen molar-refractivity contribution in [3.05, 3.63) is 75.5 Å². The second kappa shape index (κ2) is 8.04. The summed E-state index contributed by atoms with van der Waals surface area (Å²) in [6.07, 6.45) is 2.26. The smallest absolute Gasteiger partial charge is 0.329 e. The lowest BCUT2D eigenvalue weighted by Crippen LogP contribution is -2.40. The van der Waals surface area contributed by atoms with Crippen LogP contribution in [0.25, 0.3) is 6.08 Å². The normalized spacial score (nSPS) is 18.1. The molecule has 1 atom stereocenters. The minimum absolute atomic E-state index is 0.0601. The number of nitro benzene ring substituents is 1. The predicted molar refractivity (Wildman–Crippen MR) is 106 cm³/mol. The fourth-order valence-electron chi connectivity index (χ4n) is 3.23. The highest BCUT2D eigenvalue weighted by molar-refractivity contribution is 7.89. The molecule has 1 saturated heterocycles. The van der Waals surface area contributed by atoms with Gasteiger partial charge in [0, 0.05) is 17.8 Å². The predicted octanol–water partition coefficient (Wildman–Crippen LogP) is 3.27. The summed E-state index contributed by atoms with van der Waals surface area (Å²) in [6.45, 7) is 1.85. The van der Waals surface area contributed by atoms with E-state index in [1.54, 1.807) is 18.2 Å². The first-order chi connectivity index (χ1) is 13.7. The highest BCUT2D eigenvalue weighted by Gasteiger charge is 2.42. The summed E-state index contributed by atoms with van der Waals surface area (Å²) in [7, 11) is -2.78. The van der Waals surface area contributed by atoms with E-state index in [2.05, 4.69) is 0 Å². The van der Waals surface area contributed by atoms with Crippen LogP contribution < -0.4 is 0 Å². The van der Waals surface area contributed by atoms with E-state index >= 15 is 0 Å². The summed E-state index contributed by atoms with van der Waals surface area (Å²) in [4.78, 5) is 22.6. The standard InChI is InChI=1S/C20H20N2O6S/c1-14-3-10-18(11-4-14)29(26,27)21-17(9-12-19(21)20(23)28-2)13-15-5-7-16(8-6-15)22(24)25/h3-8,10-11,13,19H,9,12H2,1-2H3/b17-13+/t19-/m1/s1. The van der Waals surface area contributed by atoms with Crippen LogP contribution >= 0.6 is 0 Å². The number of ether oxygens (including phenoxy) is 1. The molecule has 1 heterocycles. The lowest BCUT2D eigenvalue weighted by atomic mass is 10.1. The van der Waals surface area contributed by atoms with Crippen molar-refractivity contribution in [1.82, 2.24) is 4.31 Å². The Balaban J connectivity index is 2.05. The Morgan fingerprint density at radius 1 is 1.17 bits per heavy atom. The van der Waals surface area contributed by atoms with Gasteiger partial charge in [-0.2, -0.15) is 0 Å². The van der Waals surface area contributed by atoms with Crippen LogP contribution in [0.4, 0.5) is 5.69 Å². The summed E-state index contributed by atoms with van der Waals surface area (Å²) < 4.78 is 32.5. The molecule has 8 nitrogen and oxygen atoms in total. The van der Waals surface area contributed by atoms with Gasteiger partial charge in [-0.25, -0.2) is 13.2 Å². The maximum Gasteiger partial charge on any atom is 0.329 e. The van der Waals surface area contributed by atoms with E-state index in [-0.39, 0.29) is 17.0 Å². The van der Waals surface area contributed by atoms with Crippen molar-refractivity contribution in [2.75, 3.05) is 7.11 Å². The highest BCUT2D eigenvalue weighted by atomic mass is 32.2. The molecule has 9 heteroatoms. The Hall–Kier alpha value is -3.20. The number of esters is 1. The first-order valence-corrected chi connectivity index (χ1v) is 10.3. The van der Waals surface area contributed by atoms with Crippen molar-refractivity contribution in [1.29, 1.82) is 0 Å². The van der Waals surface area contributed by atoms with E-state index in [1.165, 1.54) is 43.5 Å². The fraction of sp³-hybridized carbons (Fsp3) is 0.250. The molecule has 0 saturated carbocycles. The van der Waals surface area contributed by atoms with E-state index in [9.17, 15) is 23.3 Å². The van der Waals surface area contributed by atoms with Gasteiger partial charge in [-0.15, -0.1) is 0 Å². The molecule has 0 unspecified atom stereocenters. The Morgan fingerprint density at radius 2 is 1.79 bits per heavy atom. The molecule has 152 valence electrons. The fourth-order valence-corrected chi connectivity index (χ4v) is 4.91. The molecule has 0 spiro atoms. The van der Waals surface area contributed by atoms with Gasteiger partial charge < -0.3 is 4.74 Å². The van der Waals surface area contributed by atoms with Crippen molar-refractivity contribution in [2.24, 2.45) is 0 Å². The number of carbonyl (C=O) groups excluding carboxylic acids is 1. The molecule has 1 aliphatic rings. The number of benzene rings is 2. The van der Waals surface area contributed by atoms with Gasteiger partial charge in [-0.05, 0) is 55.7 Å². The molecule has 0 aliphatic carbocycles. The van der Waals surface area contributed by atoms with Crippen LogP contribution in [-0.2, 0) is 19.6 Å². The van der Waals surface area contributed by atoms with Gasteiger partial charge in [0.05, 0.1) is 16.9 Å². The van der Waals surface area contributed by atoms with E-state index in [0.717, 1.165) is 9.87 Å². The van der Waals surface area contributed by atoms with Crippen LogP contribution in [0.15, 0.2) is 59.1 Å². The SMILES string of the molecule is COC(=O)[C@H]1CC/C(=C\c2ccc([N+](=O)[O-])cc2)N1S(=O)(=O)c1ccc(C)cc1. The third-order valence-corrected chi connectivity index (χ3v) is 6.60. The number of methoxy groups -OCH3 is 1. The summed E-state index contributed by atoms with van der Waals surface area (Å²) in [5, 5.41) is 10.8. The lowest BCUT2D eigenvalue weighted by Gasteiger charge is -2.26. The zero-order valence-corrected chi connectivity index (χ0v) is 16.8. The highest BCUT2D eigenvalue weighted by Crippen LogP contribution is 2.35. The monoisotopic (exact) mass is 416 g/mol. The van der Waals surface area contributed by atoms with Gasteiger partial charge in [0.15, 0.2) is 0 Å². The quantitative estimate of drug-likeness (QED) is 0.421. The Bertz CT molecular complexity index is 1060. The molecule has 2 aromatic rings. The molecule has 1 fully saturated rings. The van der Waals surface area contributed by atoms with Crippen molar-refractivity contribution >= 4 is 27.8 Å². The number of hydrogen-bond donors (Lipinski definition) is 0. The minimum Gasteiger partial charge on any atom is -0.467 e. The minimum atomic E-state index is -3.99. The van der Waals surface area contributed by atoms with E-state index < -0.39 is 27.0 Å². The topological polar surface area (TPSA) is 107 Å². The molecular formula is C20H20N2O6S. The van der Waals surface area contributed by atoms with Crippen LogP contribution in [-0.4, -0.2) is 36.8 Å². The average Bonchev–Trinajstić information content (AvgIpc) is 3.12. The molecular weight excluding hydrogens is 396 g/mol. The van der Waals surface area contributed by atoms with Crippen molar-refractivity contribution < 1.29 is 22.9 Å². The van der Waals surface area contributed by atoms with E-state index in [0.29, 0.717) is 17.7 Å². The number of aryl methyl sites for hydroxylation is 1. The maximum atomic E-state index is 13.3. The molecule has 0 bridgehead atoms. The summed E-state index contributed by atoms with van der Waals surface area (Å²) in [5.41, 5.74) is 1.88. The van der Waals surface area contributed by atoms with Crippen LogP contribution in [0, 0.1) is 17.0 Å². The molecule has 0 amide bonds.